The maximum absolute atomic E-state index is 12.5. The number of rotatable bonds is 5. The quantitative estimate of drug-likeness (QED) is 0.781. The maximum Gasteiger partial charge on any atom is 0.293 e. The molecule has 0 unspecified atom stereocenters. The van der Waals surface area contributed by atoms with E-state index in [1.54, 1.807) is 17.0 Å². The number of pyridine rings is 1. The molecule has 0 fully saturated rings. The number of nitrogens with one attached hydrogen (secondary N) is 1. The van der Waals surface area contributed by atoms with Crippen LogP contribution in [0.2, 0.25) is 5.02 Å². The van der Waals surface area contributed by atoms with Gasteiger partial charge in [-0.1, -0.05) is 23.7 Å². The van der Waals surface area contributed by atoms with Gasteiger partial charge in [-0.05, 0) is 37.1 Å². The lowest BCUT2D eigenvalue weighted by Crippen LogP contribution is -2.25. The molecule has 3 rings (SSSR count). The van der Waals surface area contributed by atoms with Crippen LogP contribution >= 0.6 is 11.6 Å². The standard InChI is InChI=1S/C17H17ClN4O/c1-2-22-15-11-19-9-8-14(15)21-16(17(22)23)20-10-7-12-3-5-13(18)6-4-12/h3-6,8-9,11H,2,7,10H2,1H3,(H,20,21). The van der Waals surface area contributed by atoms with Crippen molar-refractivity contribution in [1.29, 1.82) is 0 Å². The number of benzene rings is 1. The molecule has 6 heteroatoms. The minimum absolute atomic E-state index is 0.121. The highest BCUT2D eigenvalue weighted by Crippen LogP contribution is 2.12. The minimum atomic E-state index is -0.121. The summed E-state index contributed by atoms with van der Waals surface area (Å²) in [5.74, 6) is 0.375. The van der Waals surface area contributed by atoms with E-state index in [4.69, 9.17) is 11.6 Å². The van der Waals surface area contributed by atoms with Crippen molar-refractivity contribution in [2.45, 2.75) is 19.9 Å². The monoisotopic (exact) mass is 328 g/mol. The van der Waals surface area contributed by atoms with Gasteiger partial charge in [-0.3, -0.25) is 9.78 Å². The van der Waals surface area contributed by atoms with E-state index in [-0.39, 0.29) is 5.56 Å². The van der Waals surface area contributed by atoms with E-state index >= 15 is 0 Å². The summed E-state index contributed by atoms with van der Waals surface area (Å²) < 4.78 is 1.68. The number of aromatic nitrogens is 3. The van der Waals surface area contributed by atoms with Crippen LogP contribution in [0.3, 0.4) is 0 Å². The highest BCUT2D eigenvalue weighted by atomic mass is 35.5. The Balaban J connectivity index is 1.81. The molecule has 0 amide bonds. The number of hydrogen-bond acceptors (Lipinski definition) is 4. The number of halogens is 1. The van der Waals surface area contributed by atoms with Crippen LogP contribution in [0.4, 0.5) is 5.82 Å². The first-order valence-corrected chi connectivity index (χ1v) is 7.89. The highest BCUT2D eigenvalue weighted by Gasteiger charge is 2.09. The first kappa shape index (κ1) is 15.5. The van der Waals surface area contributed by atoms with Gasteiger partial charge in [0, 0.05) is 24.3 Å². The Bertz CT molecular complexity index is 874. The summed E-state index contributed by atoms with van der Waals surface area (Å²) in [4.78, 5) is 21.0. The van der Waals surface area contributed by atoms with Gasteiger partial charge in [-0.25, -0.2) is 4.98 Å². The Morgan fingerprint density at radius 2 is 2.00 bits per heavy atom. The predicted octanol–water partition coefficient (Wildman–Crippen LogP) is 3.12. The molecular weight excluding hydrogens is 312 g/mol. The van der Waals surface area contributed by atoms with Gasteiger partial charge in [0.15, 0.2) is 5.82 Å². The van der Waals surface area contributed by atoms with Gasteiger partial charge < -0.3 is 9.88 Å². The second-order valence-electron chi connectivity index (χ2n) is 5.18. The zero-order valence-electron chi connectivity index (χ0n) is 12.8. The molecule has 5 nitrogen and oxygen atoms in total. The van der Waals surface area contributed by atoms with E-state index in [1.807, 2.05) is 37.3 Å². The second kappa shape index (κ2) is 6.79. The van der Waals surface area contributed by atoms with Gasteiger partial charge in [-0.2, -0.15) is 0 Å². The van der Waals surface area contributed by atoms with Crippen molar-refractivity contribution in [3.05, 3.63) is 63.7 Å². The highest BCUT2D eigenvalue weighted by molar-refractivity contribution is 6.30. The minimum Gasteiger partial charge on any atom is -0.365 e. The van der Waals surface area contributed by atoms with Crippen molar-refractivity contribution in [2.24, 2.45) is 0 Å². The number of fused-ring (bicyclic) bond motifs is 1. The summed E-state index contributed by atoms with van der Waals surface area (Å²) >= 11 is 5.88. The molecule has 0 aliphatic carbocycles. The third kappa shape index (κ3) is 3.35. The molecule has 1 aromatic carbocycles. The first-order chi connectivity index (χ1) is 11.2. The van der Waals surface area contributed by atoms with E-state index in [0.29, 0.717) is 18.9 Å². The molecule has 0 saturated heterocycles. The fraction of sp³-hybridized carbons (Fsp3) is 0.235. The normalized spacial score (nSPS) is 10.9. The van der Waals surface area contributed by atoms with Crippen LogP contribution in [0.5, 0.6) is 0 Å². The van der Waals surface area contributed by atoms with Gasteiger partial charge in [-0.15, -0.1) is 0 Å². The molecule has 1 N–H and O–H groups in total. The molecule has 118 valence electrons. The number of aryl methyl sites for hydroxylation is 1. The Morgan fingerprint density at radius 3 is 2.74 bits per heavy atom. The fourth-order valence-electron chi connectivity index (χ4n) is 2.49. The molecule has 0 spiro atoms. The summed E-state index contributed by atoms with van der Waals surface area (Å²) in [6.07, 6.45) is 4.14. The van der Waals surface area contributed by atoms with Crippen LogP contribution in [0.25, 0.3) is 11.0 Å². The van der Waals surface area contributed by atoms with Crippen molar-refractivity contribution in [3.8, 4) is 0 Å². The zero-order chi connectivity index (χ0) is 16.2. The van der Waals surface area contributed by atoms with Crippen molar-refractivity contribution >= 4 is 28.5 Å². The van der Waals surface area contributed by atoms with E-state index in [2.05, 4.69) is 15.3 Å². The van der Waals surface area contributed by atoms with Crippen LogP contribution in [-0.4, -0.2) is 21.1 Å². The molecule has 0 aliphatic heterocycles. The lowest BCUT2D eigenvalue weighted by Gasteiger charge is -2.11. The lowest BCUT2D eigenvalue weighted by atomic mass is 10.1. The molecule has 23 heavy (non-hydrogen) atoms. The Kier molecular flexibility index (Phi) is 4.57. The van der Waals surface area contributed by atoms with Gasteiger partial charge in [0.25, 0.3) is 5.56 Å². The van der Waals surface area contributed by atoms with E-state index in [0.717, 1.165) is 28.0 Å². The number of hydrogen-bond donors (Lipinski definition) is 1. The molecule has 0 bridgehead atoms. The lowest BCUT2D eigenvalue weighted by molar-refractivity contribution is 0.752. The number of anilines is 1. The summed E-state index contributed by atoms with van der Waals surface area (Å²) in [7, 11) is 0. The average molecular weight is 329 g/mol. The van der Waals surface area contributed by atoms with Gasteiger partial charge in [0.1, 0.15) is 0 Å². The summed E-state index contributed by atoms with van der Waals surface area (Å²) in [5, 5.41) is 3.86. The molecule has 2 heterocycles. The molecule has 0 radical (unpaired) electrons. The Morgan fingerprint density at radius 1 is 1.22 bits per heavy atom. The Labute approximate surface area is 139 Å². The largest absolute Gasteiger partial charge is 0.365 e. The SMILES string of the molecule is CCn1c(=O)c(NCCc2ccc(Cl)cc2)nc2ccncc21. The van der Waals surface area contributed by atoms with Crippen LogP contribution in [0.1, 0.15) is 12.5 Å². The predicted molar refractivity (Wildman–Crippen MR) is 93.1 cm³/mol. The van der Waals surface area contributed by atoms with Crippen LogP contribution in [0, 0.1) is 0 Å². The molecular formula is C17H17ClN4O. The topological polar surface area (TPSA) is 59.8 Å². The molecule has 2 aromatic heterocycles. The first-order valence-electron chi connectivity index (χ1n) is 7.52. The van der Waals surface area contributed by atoms with Crippen molar-refractivity contribution in [3.63, 3.8) is 0 Å². The second-order valence-corrected chi connectivity index (χ2v) is 5.61. The van der Waals surface area contributed by atoms with E-state index < -0.39 is 0 Å². The third-order valence-electron chi connectivity index (χ3n) is 3.68. The van der Waals surface area contributed by atoms with Crippen molar-refractivity contribution < 1.29 is 0 Å². The van der Waals surface area contributed by atoms with Crippen LogP contribution in [-0.2, 0) is 13.0 Å². The van der Waals surface area contributed by atoms with Crippen LogP contribution in [0.15, 0.2) is 47.5 Å². The summed E-state index contributed by atoms with van der Waals surface area (Å²) in [6.45, 7) is 3.14. The van der Waals surface area contributed by atoms with E-state index in [1.165, 1.54) is 0 Å². The maximum atomic E-state index is 12.5. The number of nitrogens with zero attached hydrogens (tertiary/aromatic N) is 3. The van der Waals surface area contributed by atoms with Crippen molar-refractivity contribution in [1.82, 2.24) is 14.5 Å². The van der Waals surface area contributed by atoms with E-state index in [9.17, 15) is 4.79 Å². The molecule has 0 saturated carbocycles. The molecule has 3 aromatic rings. The summed E-state index contributed by atoms with van der Waals surface area (Å²) in [5.41, 5.74) is 2.55. The smallest absolute Gasteiger partial charge is 0.293 e. The molecule has 0 aliphatic rings. The van der Waals surface area contributed by atoms with Gasteiger partial charge >= 0.3 is 0 Å². The Hall–Kier alpha value is -2.40. The van der Waals surface area contributed by atoms with Crippen LogP contribution < -0.4 is 10.9 Å². The summed E-state index contributed by atoms with van der Waals surface area (Å²) in [6, 6.07) is 9.50. The third-order valence-corrected chi connectivity index (χ3v) is 3.94. The fourth-order valence-corrected chi connectivity index (χ4v) is 2.62. The van der Waals surface area contributed by atoms with Gasteiger partial charge in [0.2, 0.25) is 0 Å². The zero-order valence-corrected chi connectivity index (χ0v) is 13.5. The van der Waals surface area contributed by atoms with Gasteiger partial charge in [0.05, 0.1) is 17.2 Å². The average Bonchev–Trinajstić information content (AvgIpc) is 2.57. The van der Waals surface area contributed by atoms with Crippen molar-refractivity contribution in [2.75, 3.05) is 11.9 Å². The molecule has 0 atom stereocenters.